The summed E-state index contributed by atoms with van der Waals surface area (Å²) in [5.41, 5.74) is -1.80. The fourth-order valence-corrected chi connectivity index (χ4v) is 1.79. The molecule has 1 aliphatic heterocycles. The number of halogens is 1. The Balaban J connectivity index is 2.66. The van der Waals surface area contributed by atoms with Crippen LogP contribution < -0.4 is 0 Å². The number of rotatable bonds is 4. The van der Waals surface area contributed by atoms with Gasteiger partial charge in [0.15, 0.2) is 14.7 Å². The standard InChI is InChI=1S/C6H11BFO4P/c7-2-6(8)3-11-4(1-9)5(6)12-13-10/h4-5,9-10,13H,1-3H2/t4-,5?,6?/m1/s1. The van der Waals surface area contributed by atoms with Crippen LogP contribution in [0.1, 0.15) is 0 Å². The van der Waals surface area contributed by atoms with E-state index in [1.165, 1.54) is 0 Å². The van der Waals surface area contributed by atoms with Crippen LogP contribution in [0.25, 0.3) is 0 Å². The maximum atomic E-state index is 13.7. The molecule has 1 heterocycles. The van der Waals surface area contributed by atoms with Crippen LogP contribution >= 0.6 is 9.03 Å². The van der Waals surface area contributed by atoms with Crippen molar-refractivity contribution in [2.24, 2.45) is 0 Å². The molecule has 1 fully saturated rings. The van der Waals surface area contributed by atoms with Crippen LogP contribution in [0.2, 0.25) is 6.32 Å². The van der Waals surface area contributed by atoms with E-state index in [9.17, 15) is 4.39 Å². The highest BCUT2D eigenvalue weighted by molar-refractivity contribution is 7.25. The molecule has 1 aliphatic rings. The Bertz CT molecular complexity index is 175. The fraction of sp³-hybridized carbons (Fsp3) is 1.00. The Morgan fingerprint density at radius 2 is 2.46 bits per heavy atom. The molecule has 0 aromatic rings. The topological polar surface area (TPSA) is 58.9 Å². The van der Waals surface area contributed by atoms with Gasteiger partial charge in [0, 0.05) is 0 Å². The highest BCUT2D eigenvalue weighted by Crippen LogP contribution is 2.36. The van der Waals surface area contributed by atoms with Gasteiger partial charge in [0.05, 0.1) is 21.1 Å². The molecule has 0 aromatic carbocycles. The van der Waals surface area contributed by atoms with Crippen molar-refractivity contribution >= 4 is 16.9 Å². The highest BCUT2D eigenvalue weighted by atomic mass is 31.1. The molecule has 4 nitrogen and oxygen atoms in total. The quantitative estimate of drug-likeness (QED) is 0.485. The molecule has 4 atom stereocenters. The van der Waals surface area contributed by atoms with Gasteiger partial charge in [0.25, 0.3) is 0 Å². The van der Waals surface area contributed by atoms with Gasteiger partial charge in [0.1, 0.15) is 12.2 Å². The molecule has 74 valence electrons. The van der Waals surface area contributed by atoms with Gasteiger partial charge in [-0.05, 0) is 0 Å². The third-order valence-electron chi connectivity index (χ3n) is 2.08. The van der Waals surface area contributed by atoms with E-state index < -0.39 is 26.9 Å². The molecule has 3 unspecified atom stereocenters. The Kier molecular flexibility index (Phi) is 4.07. The van der Waals surface area contributed by atoms with E-state index >= 15 is 0 Å². The first-order valence-electron chi connectivity index (χ1n) is 3.84. The van der Waals surface area contributed by atoms with Crippen molar-refractivity contribution in [2.75, 3.05) is 13.2 Å². The van der Waals surface area contributed by atoms with Crippen LogP contribution in [0.4, 0.5) is 4.39 Å². The monoisotopic (exact) mass is 208 g/mol. The molecule has 0 aliphatic carbocycles. The van der Waals surface area contributed by atoms with Crippen LogP contribution in [-0.2, 0) is 9.26 Å². The molecule has 1 rings (SSSR count). The molecule has 7 heteroatoms. The normalized spacial score (nSPS) is 40.5. The van der Waals surface area contributed by atoms with Gasteiger partial charge in [-0.2, -0.15) is 0 Å². The number of aliphatic hydroxyl groups is 1. The van der Waals surface area contributed by atoms with Gasteiger partial charge in [-0.3, -0.25) is 0 Å². The zero-order chi connectivity index (χ0) is 9.90. The zero-order valence-corrected chi connectivity index (χ0v) is 7.94. The third-order valence-corrected chi connectivity index (χ3v) is 2.44. The van der Waals surface area contributed by atoms with Crippen molar-refractivity contribution in [1.29, 1.82) is 0 Å². The zero-order valence-electron chi connectivity index (χ0n) is 6.94. The average molecular weight is 208 g/mol. The molecule has 2 radical (unpaired) electrons. The summed E-state index contributed by atoms with van der Waals surface area (Å²) >= 11 is 0. The number of alkyl halides is 1. The third kappa shape index (κ3) is 2.19. The molecule has 0 aromatic heterocycles. The Hall–Kier alpha value is 0.265. The van der Waals surface area contributed by atoms with Gasteiger partial charge in [0.2, 0.25) is 0 Å². The van der Waals surface area contributed by atoms with Crippen LogP contribution in [0.5, 0.6) is 0 Å². The summed E-state index contributed by atoms with van der Waals surface area (Å²) in [7, 11) is 4.37. The minimum atomic E-state index is -1.80. The number of hydrogen-bond acceptors (Lipinski definition) is 4. The summed E-state index contributed by atoms with van der Waals surface area (Å²) in [6.07, 6.45) is -1.97. The van der Waals surface area contributed by atoms with E-state index in [0.717, 1.165) is 0 Å². The summed E-state index contributed by atoms with van der Waals surface area (Å²) in [4.78, 5) is 8.53. The van der Waals surface area contributed by atoms with E-state index in [-0.39, 0.29) is 19.5 Å². The van der Waals surface area contributed by atoms with Gasteiger partial charge in [-0.15, -0.1) is 0 Å². The van der Waals surface area contributed by atoms with Gasteiger partial charge < -0.3 is 19.3 Å². The van der Waals surface area contributed by atoms with E-state index in [1.54, 1.807) is 0 Å². The molecule has 13 heavy (non-hydrogen) atoms. The summed E-state index contributed by atoms with van der Waals surface area (Å²) in [5, 5.41) is 8.80. The summed E-state index contributed by atoms with van der Waals surface area (Å²) in [6, 6.07) is 0. The van der Waals surface area contributed by atoms with Crippen LogP contribution in [0.3, 0.4) is 0 Å². The summed E-state index contributed by atoms with van der Waals surface area (Å²) in [6.45, 7) is -0.551. The first-order valence-corrected chi connectivity index (χ1v) is 4.69. The van der Waals surface area contributed by atoms with Crippen molar-refractivity contribution in [2.45, 2.75) is 24.2 Å². The van der Waals surface area contributed by atoms with Gasteiger partial charge >= 0.3 is 0 Å². The lowest BCUT2D eigenvalue weighted by molar-refractivity contribution is 0.00771. The van der Waals surface area contributed by atoms with E-state index in [0.29, 0.717) is 0 Å². The molecule has 0 spiro atoms. The lowest BCUT2D eigenvalue weighted by Crippen LogP contribution is -2.41. The molecular weight excluding hydrogens is 197 g/mol. The SMILES string of the molecule is [B]CC1(F)CO[C@H](CO)C1OPO. The predicted octanol–water partition coefficient (Wildman–Crippen LogP) is -0.441. The Labute approximate surface area is 78.8 Å². The Morgan fingerprint density at radius 3 is 2.92 bits per heavy atom. The van der Waals surface area contributed by atoms with E-state index in [1.807, 2.05) is 0 Å². The van der Waals surface area contributed by atoms with Crippen LogP contribution in [0, 0.1) is 0 Å². The minimum Gasteiger partial charge on any atom is -0.394 e. The van der Waals surface area contributed by atoms with E-state index in [4.69, 9.17) is 27.1 Å². The Morgan fingerprint density at radius 1 is 1.77 bits per heavy atom. The number of ether oxygens (including phenoxy) is 1. The maximum Gasteiger partial charge on any atom is 0.155 e. The molecule has 0 amide bonds. The first-order chi connectivity index (χ1) is 6.18. The van der Waals surface area contributed by atoms with Crippen molar-refractivity contribution in [3.05, 3.63) is 0 Å². The summed E-state index contributed by atoms with van der Waals surface area (Å²) in [5.74, 6) is 0. The van der Waals surface area contributed by atoms with Gasteiger partial charge in [-0.1, -0.05) is 6.32 Å². The minimum absolute atomic E-state index is 0.204. The predicted molar refractivity (Wildman–Crippen MR) is 46.6 cm³/mol. The summed E-state index contributed by atoms with van der Waals surface area (Å²) < 4.78 is 23.4. The first kappa shape index (κ1) is 11.3. The molecule has 0 bridgehead atoms. The van der Waals surface area contributed by atoms with E-state index in [2.05, 4.69) is 0 Å². The molecular formula is C6H11BFO4P. The van der Waals surface area contributed by atoms with Crippen molar-refractivity contribution in [3.63, 3.8) is 0 Å². The number of hydrogen-bond donors (Lipinski definition) is 2. The number of aliphatic hydroxyl groups excluding tert-OH is 1. The molecule has 1 saturated heterocycles. The van der Waals surface area contributed by atoms with Crippen molar-refractivity contribution in [3.8, 4) is 0 Å². The van der Waals surface area contributed by atoms with Gasteiger partial charge in [-0.25, -0.2) is 4.39 Å². The second kappa shape index (κ2) is 4.67. The average Bonchev–Trinajstić information content (AvgIpc) is 2.46. The maximum absolute atomic E-state index is 13.7. The van der Waals surface area contributed by atoms with Crippen molar-refractivity contribution < 1.29 is 23.7 Å². The molecule has 2 N–H and O–H groups in total. The molecule has 0 saturated carbocycles. The highest BCUT2D eigenvalue weighted by Gasteiger charge is 2.49. The van der Waals surface area contributed by atoms with Crippen molar-refractivity contribution in [1.82, 2.24) is 0 Å². The lowest BCUT2D eigenvalue weighted by Gasteiger charge is -2.25. The van der Waals surface area contributed by atoms with Crippen LogP contribution in [-0.4, -0.2) is 48.9 Å². The second-order valence-electron chi connectivity index (χ2n) is 2.90. The largest absolute Gasteiger partial charge is 0.394 e. The van der Waals surface area contributed by atoms with Crippen LogP contribution in [0.15, 0.2) is 0 Å². The lowest BCUT2D eigenvalue weighted by atomic mass is 9.85. The fourth-order valence-electron chi connectivity index (χ4n) is 1.31. The smallest absolute Gasteiger partial charge is 0.155 e. The second-order valence-corrected chi connectivity index (χ2v) is 3.32.